The number of rotatable bonds is 13. The van der Waals surface area contributed by atoms with Crippen LogP contribution in [0.4, 0.5) is 11.5 Å². The summed E-state index contributed by atoms with van der Waals surface area (Å²) in [5.74, 6) is 0.156. The highest BCUT2D eigenvalue weighted by Crippen LogP contribution is 2.37. The molecule has 4 aliphatic rings. The van der Waals surface area contributed by atoms with E-state index in [9.17, 15) is 19.8 Å². The highest BCUT2D eigenvalue weighted by atomic mass is 32.1. The van der Waals surface area contributed by atoms with Gasteiger partial charge in [0.2, 0.25) is 11.8 Å². The van der Waals surface area contributed by atoms with E-state index in [0.29, 0.717) is 35.5 Å². The van der Waals surface area contributed by atoms with Crippen LogP contribution in [0.5, 0.6) is 11.6 Å². The van der Waals surface area contributed by atoms with E-state index in [1.54, 1.807) is 29.5 Å². The fraction of sp³-hybridized carbons (Fsp3) is 0.489. The number of hydrogen-bond acceptors (Lipinski definition) is 15. The Morgan fingerprint density at radius 1 is 1.00 bits per heavy atom. The Balaban J connectivity index is 0.773. The topological polar surface area (TPSA) is 186 Å². The third-order valence-corrected chi connectivity index (χ3v) is 14.2. The predicted molar refractivity (Wildman–Crippen MR) is 244 cm³/mol. The number of β-amino-alcohol motifs (C(OH)–C–C–N with tert-alkyl or cyclic N) is 1. The fourth-order valence-electron chi connectivity index (χ4n) is 9.94. The standard InChI is InChI=1S/C47H58N10O6S/c1-27(2)43(47(61)57-25-35(58)18-39(57)46(60)50-29(4)31-10-12-32(13-11-31)44-30(5)49-26-64-44)41-20-42(53-63-41)62-28(3)22-54-15-14-33(23-54)55-16-17-56-34(24-55)21-48-45-38(56)19-37(51-52-45)36-8-6-7-9-40(36)59/h6-13,19-20,26-29,33-35,39,43,58-59H,14-18,21-25H2,1-5H3,(H,48,52)(H,50,60)/t28?,29?,33?,34-,35+,39-,43?/m0/s1. The number of hydrogen-bond donors (Lipinski definition) is 4. The molecule has 7 heterocycles. The van der Waals surface area contributed by atoms with E-state index < -0.39 is 18.1 Å². The minimum absolute atomic E-state index is 0.0564. The summed E-state index contributed by atoms with van der Waals surface area (Å²) in [6.45, 7) is 16.0. The molecule has 64 heavy (non-hydrogen) atoms. The maximum Gasteiger partial charge on any atom is 0.254 e. The number of phenols is 1. The summed E-state index contributed by atoms with van der Waals surface area (Å²) in [6, 6.07) is 18.6. The highest BCUT2D eigenvalue weighted by Gasteiger charge is 2.44. The molecule has 9 rings (SSSR count). The van der Waals surface area contributed by atoms with Crippen LogP contribution in [0.25, 0.3) is 21.7 Å². The quantitative estimate of drug-likeness (QED) is 0.119. The summed E-state index contributed by atoms with van der Waals surface area (Å²) in [7, 11) is 0. The van der Waals surface area contributed by atoms with Gasteiger partial charge in [0, 0.05) is 69.9 Å². The van der Waals surface area contributed by atoms with Gasteiger partial charge in [0.15, 0.2) is 11.6 Å². The number of thiazole rings is 1. The number of aliphatic hydroxyl groups is 1. The number of aliphatic hydroxyl groups excluding tert-OH is 1. The molecular weight excluding hydrogens is 833 g/mol. The summed E-state index contributed by atoms with van der Waals surface area (Å²) < 4.78 is 12.1. The van der Waals surface area contributed by atoms with E-state index in [0.717, 1.165) is 78.9 Å². The third-order valence-electron chi connectivity index (χ3n) is 13.3. The first-order valence-electron chi connectivity index (χ1n) is 22.5. The van der Waals surface area contributed by atoms with Gasteiger partial charge in [0.05, 0.1) is 45.7 Å². The number of nitrogens with one attached hydrogen (secondary N) is 2. The lowest BCUT2D eigenvalue weighted by Crippen LogP contribution is -2.60. The second kappa shape index (κ2) is 18.5. The van der Waals surface area contributed by atoms with Crippen molar-refractivity contribution in [2.24, 2.45) is 5.92 Å². The van der Waals surface area contributed by atoms with Crippen molar-refractivity contribution < 1.29 is 29.1 Å². The Labute approximate surface area is 377 Å². The molecule has 0 saturated carbocycles. The van der Waals surface area contributed by atoms with Gasteiger partial charge in [-0.2, -0.15) is 0 Å². The Hall–Kier alpha value is -5.62. The number of aryl methyl sites for hydroxylation is 1. The lowest BCUT2D eigenvalue weighted by Gasteiger charge is -2.47. The molecule has 0 radical (unpaired) electrons. The predicted octanol–water partition coefficient (Wildman–Crippen LogP) is 5.31. The zero-order valence-electron chi connectivity index (χ0n) is 37.1. The van der Waals surface area contributed by atoms with Gasteiger partial charge in [-0.1, -0.05) is 50.2 Å². The second-order valence-electron chi connectivity index (χ2n) is 18.1. The Bertz CT molecular complexity index is 2440. The molecule has 0 bridgehead atoms. The molecule has 4 unspecified atom stereocenters. The molecule has 2 amide bonds. The number of benzene rings is 2. The third kappa shape index (κ3) is 9.03. The summed E-state index contributed by atoms with van der Waals surface area (Å²) in [4.78, 5) is 42.5. The van der Waals surface area contributed by atoms with Crippen molar-refractivity contribution >= 4 is 34.7 Å². The van der Waals surface area contributed by atoms with Crippen molar-refractivity contribution in [1.82, 2.24) is 40.4 Å². The smallest absolute Gasteiger partial charge is 0.254 e. The van der Waals surface area contributed by atoms with E-state index in [2.05, 4.69) is 45.7 Å². The van der Waals surface area contributed by atoms with Crippen molar-refractivity contribution in [2.45, 2.75) is 89.8 Å². The zero-order chi connectivity index (χ0) is 44.6. The molecule has 7 atom stereocenters. The van der Waals surface area contributed by atoms with Gasteiger partial charge in [-0.3, -0.25) is 19.4 Å². The number of carbonyl (C=O) groups is 2. The maximum absolute atomic E-state index is 14.3. The molecular formula is C47H58N10O6S. The molecule has 0 spiro atoms. The minimum atomic E-state index is -0.826. The molecule has 5 aromatic rings. The van der Waals surface area contributed by atoms with Crippen molar-refractivity contribution in [3.05, 3.63) is 83.2 Å². The van der Waals surface area contributed by atoms with Crippen molar-refractivity contribution in [3.8, 4) is 33.3 Å². The van der Waals surface area contributed by atoms with Gasteiger partial charge in [-0.25, -0.2) is 4.98 Å². The average molecular weight is 891 g/mol. The lowest BCUT2D eigenvalue weighted by molar-refractivity contribution is -0.141. The van der Waals surface area contributed by atoms with Crippen molar-refractivity contribution in [1.29, 1.82) is 0 Å². The zero-order valence-corrected chi connectivity index (χ0v) is 37.9. The molecule has 3 saturated heterocycles. The van der Waals surface area contributed by atoms with Gasteiger partial charge < -0.3 is 39.9 Å². The minimum Gasteiger partial charge on any atom is -0.507 e. The molecule has 3 fully saturated rings. The molecule has 338 valence electrons. The van der Waals surface area contributed by atoms with Crippen LogP contribution in [-0.2, 0) is 9.59 Å². The lowest BCUT2D eigenvalue weighted by atomic mass is 9.91. The number of fused-ring (bicyclic) bond motifs is 3. The summed E-state index contributed by atoms with van der Waals surface area (Å²) >= 11 is 1.59. The van der Waals surface area contributed by atoms with E-state index in [4.69, 9.17) is 9.26 Å². The molecule has 4 N–H and O–H groups in total. The molecule has 4 aliphatic heterocycles. The number of piperazine rings is 1. The number of carbonyl (C=O) groups excluding carboxylic acids is 2. The second-order valence-corrected chi connectivity index (χ2v) is 19.0. The van der Waals surface area contributed by atoms with Crippen LogP contribution in [-0.4, -0.2) is 140 Å². The molecule has 16 nitrogen and oxygen atoms in total. The van der Waals surface area contributed by atoms with Crippen LogP contribution in [0.1, 0.15) is 69.5 Å². The van der Waals surface area contributed by atoms with E-state index in [1.165, 1.54) is 4.90 Å². The van der Waals surface area contributed by atoms with Crippen LogP contribution >= 0.6 is 11.3 Å². The SMILES string of the molecule is Cc1ncsc1-c1ccc(C(C)NC(=O)[C@@H]2C[C@@H](O)CN2C(=O)C(c2cc(OC(C)CN3CCC(N4CCN5c6cc(-c7ccccc7O)nnc6NC[C@H]5C4)C3)no2)C(C)C)cc1. The Kier molecular flexibility index (Phi) is 12.6. The number of ether oxygens (including phenoxy) is 1. The normalized spacial score (nSPS) is 22.7. The van der Waals surface area contributed by atoms with Crippen LogP contribution in [0, 0.1) is 12.8 Å². The first kappa shape index (κ1) is 43.6. The largest absolute Gasteiger partial charge is 0.507 e. The Morgan fingerprint density at radius 2 is 1.81 bits per heavy atom. The molecule has 17 heteroatoms. The van der Waals surface area contributed by atoms with E-state index >= 15 is 0 Å². The van der Waals surface area contributed by atoms with Gasteiger partial charge >= 0.3 is 0 Å². The van der Waals surface area contributed by atoms with Gasteiger partial charge in [-0.15, -0.1) is 21.5 Å². The summed E-state index contributed by atoms with van der Waals surface area (Å²) in [5.41, 5.74) is 7.17. The molecule has 0 aliphatic carbocycles. The maximum atomic E-state index is 14.3. The van der Waals surface area contributed by atoms with Crippen molar-refractivity contribution in [3.63, 3.8) is 0 Å². The number of phenolic OH excluding ortho intramolecular Hbond substituents is 1. The fourth-order valence-corrected chi connectivity index (χ4v) is 10.7. The van der Waals surface area contributed by atoms with Gasteiger partial charge in [0.1, 0.15) is 23.8 Å². The highest BCUT2D eigenvalue weighted by molar-refractivity contribution is 7.13. The first-order chi connectivity index (χ1) is 30.9. The first-order valence-corrected chi connectivity index (χ1v) is 23.3. The molecule has 2 aromatic carbocycles. The number of aromatic nitrogens is 4. The Morgan fingerprint density at radius 3 is 2.58 bits per heavy atom. The van der Waals surface area contributed by atoms with Crippen LogP contribution in [0.2, 0.25) is 0 Å². The monoisotopic (exact) mass is 890 g/mol. The average Bonchev–Trinajstić information content (AvgIpc) is 4.12. The number of anilines is 2. The summed E-state index contributed by atoms with van der Waals surface area (Å²) in [6.07, 6.45) is 0.218. The number of likely N-dealkylation sites (tertiary alicyclic amines) is 2. The number of nitrogens with zero attached hydrogens (tertiary/aromatic N) is 8. The number of aromatic hydroxyl groups is 1. The van der Waals surface area contributed by atoms with E-state index in [1.807, 2.05) is 82.6 Å². The van der Waals surface area contributed by atoms with Crippen LogP contribution in [0.3, 0.4) is 0 Å². The number of amides is 2. The van der Waals surface area contributed by atoms with Crippen LogP contribution in [0.15, 0.2) is 70.7 Å². The van der Waals surface area contributed by atoms with Gasteiger partial charge in [-0.05, 0) is 74.1 Å². The number of para-hydroxylation sites is 1. The molecule has 3 aromatic heterocycles. The van der Waals surface area contributed by atoms with Crippen LogP contribution < -0.4 is 20.3 Å². The summed E-state index contributed by atoms with van der Waals surface area (Å²) in [5, 5.41) is 40.8. The van der Waals surface area contributed by atoms with Gasteiger partial charge in [0.25, 0.3) is 5.88 Å². The van der Waals surface area contributed by atoms with Crippen molar-refractivity contribution in [2.75, 3.05) is 62.6 Å². The van der Waals surface area contributed by atoms with E-state index in [-0.39, 0.29) is 54.6 Å².